The number of rotatable bonds is 9. The predicted octanol–water partition coefficient (Wildman–Crippen LogP) is 4.55. The molecule has 3 aromatic carbocycles. The fourth-order valence-corrected chi connectivity index (χ4v) is 2.78. The third-order valence-electron chi connectivity index (χ3n) is 4.54. The van der Waals surface area contributed by atoms with E-state index in [1.807, 2.05) is 19.1 Å². The fraction of sp³-hybridized carbons (Fsp3) is 0.115. The van der Waals surface area contributed by atoms with Gasteiger partial charge in [-0.1, -0.05) is 30.4 Å². The number of amides is 1. The lowest BCUT2D eigenvalue weighted by molar-refractivity contribution is 0.0729. The van der Waals surface area contributed by atoms with E-state index in [1.165, 1.54) is 13.3 Å². The number of hydrazone groups is 1. The van der Waals surface area contributed by atoms with Gasteiger partial charge in [-0.25, -0.2) is 10.2 Å². The largest absolute Gasteiger partial charge is 0.493 e. The Kier molecular flexibility index (Phi) is 7.96. The van der Waals surface area contributed by atoms with Crippen molar-refractivity contribution in [2.24, 2.45) is 5.10 Å². The number of carbonyl (C=O) groups is 2. The molecule has 0 aromatic heterocycles. The first-order chi connectivity index (χ1) is 16.0. The molecule has 0 atom stereocenters. The molecule has 0 aliphatic heterocycles. The lowest BCUT2D eigenvalue weighted by atomic mass is 10.1. The number of hydrogen-bond donors (Lipinski definition) is 1. The van der Waals surface area contributed by atoms with Crippen LogP contribution in [0.1, 0.15) is 31.8 Å². The minimum Gasteiger partial charge on any atom is -0.493 e. The number of ether oxygens (including phenoxy) is 3. The van der Waals surface area contributed by atoms with Gasteiger partial charge in [0.1, 0.15) is 12.4 Å². The molecule has 0 aliphatic carbocycles. The zero-order valence-electron chi connectivity index (χ0n) is 18.4. The maximum Gasteiger partial charge on any atom is 0.343 e. The van der Waals surface area contributed by atoms with E-state index < -0.39 is 5.97 Å². The van der Waals surface area contributed by atoms with E-state index in [2.05, 4.69) is 17.1 Å². The molecular weight excluding hydrogens is 420 g/mol. The summed E-state index contributed by atoms with van der Waals surface area (Å²) in [6.45, 7) is 5.92. The Balaban J connectivity index is 1.61. The summed E-state index contributed by atoms with van der Waals surface area (Å²) in [6.07, 6.45) is 3.11. The summed E-state index contributed by atoms with van der Waals surface area (Å²) < 4.78 is 16.2. The second-order valence-electron chi connectivity index (χ2n) is 6.99. The summed E-state index contributed by atoms with van der Waals surface area (Å²) in [6, 6.07) is 18.7. The van der Waals surface area contributed by atoms with Crippen molar-refractivity contribution in [1.82, 2.24) is 5.43 Å². The first-order valence-corrected chi connectivity index (χ1v) is 10.1. The summed E-state index contributed by atoms with van der Waals surface area (Å²) in [5.74, 6) is 0.439. The van der Waals surface area contributed by atoms with E-state index in [0.717, 1.165) is 5.56 Å². The van der Waals surface area contributed by atoms with Crippen molar-refractivity contribution in [3.8, 4) is 17.2 Å². The highest BCUT2D eigenvalue weighted by Gasteiger charge is 2.13. The van der Waals surface area contributed by atoms with Crippen molar-refractivity contribution >= 4 is 18.1 Å². The van der Waals surface area contributed by atoms with Crippen LogP contribution in [0.4, 0.5) is 0 Å². The summed E-state index contributed by atoms with van der Waals surface area (Å²) in [7, 11) is 1.48. The Morgan fingerprint density at radius 3 is 2.33 bits per heavy atom. The lowest BCUT2D eigenvalue weighted by Gasteiger charge is -2.10. The maximum atomic E-state index is 12.4. The quantitative estimate of drug-likeness (QED) is 0.172. The van der Waals surface area contributed by atoms with Crippen LogP contribution in [0.5, 0.6) is 17.2 Å². The van der Waals surface area contributed by atoms with Crippen molar-refractivity contribution in [2.45, 2.75) is 6.92 Å². The van der Waals surface area contributed by atoms with Crippen molar-refractivity contribution < 1.29 is 23.8 Å². The van der Waals surface area contributed by atoms with Gasteiger partial charge in [0.15, 0.2) is 11.5 Å². The second-order valence-corrected chi connectivity index (χ2v) is 6.99. The number of methoxy groups -OCH3 is 1. The van der Waals surface area contributed by atoms with Gasteiger partial charge in [0.25, 0.3) is 5.91 Å². The maximum absolute atomic E-state index is 12.4. The zero-order chi connectivity index (χ0) is 23.6. The molecule has 1 N–H and O–H groups in total. The summed E-state index contributed by atoms with van der Waals surface area (Å²) in [5.41, 5.74) is 5.05. The Morgan fingerprint density at radius 2 is 1.67 bits per heavy atom. The van der Waals surface area contributed by atoms with Crippen LogP contribution < -0.4 is 19.6 Å². The van der Waals surface area contributed by atoms with E-state index in [9.17, 15) is 9.59 Å². The first-order valence-electron chi connectivity index (χ1n) is 10.1. The Hall–Kier alpha value is -4.39. The van der Waals surface area contributed by atoms with Crippen LogP contribution in [0.15, 0.2) is 84.5 Å². The third-order valence-corrected chi connectivity index (χ3v) is 4.54. The van der Waals surface area contributed by atoms with Crippen LogP contribution in [0, 0.1) is 6.92 Å². The van der Waals surface area contributed by atoms with Gasteiger partial charge in [-0.2, -0.15) is 5.10 Å². The smallest absolute Gasteiger partial charge is 0.343 e. The second kappa shape index (κ2) is 11.3. The molecule has 7 nitrogen and oxygen atoms in total. The van der Waals surface area contributed by atoms with Crippen LogP contribution in [0.2, 0.25) is 0 Å². The molecule has 0 saturated heterocycles. The Morgan fingerprint density at radius 1 is 0.970 bits per heavy atom. The average molecular weight is 444 g/mol. The lowest BCUT2D eigenvalue weighted by Crippen LogP contribution is -2.17. The van der Waals surface area contributed by atoms with Gasteiger partial charge in [0.2, 0.25) is 0 Å². The molecule has 0 spiro atoms. The summed E-state index contributed by atoms with van der Waals surface area (Å²) in [5, 5.41) is 3.98. The molecule has 0 aliphatic rings. The Labute approximate surface area is 192 Å². The standard InChI is InChI=1S/C26H24N2O5/c1-4-15-32-22-12-10-20(11-13-22)25(29)28-27-17-19-7-14-23(24(16-19)31-3)33-26(30)21-8-5-18(2)6-9-21/h4-14,16-17H,1,15H2,2-3H3,(H,28,29)/b27-17+. The monoisotopic (exact) mass is 444 g/mol. The molecule has 3 aromatic rings. The van der Waals surface area contributed by atoms with Crippen LogP contribution >= 0.6 is 0 Å². The topological polar surface area (TPSA) is 86.2 Å². The van der Waals surface area contributed by atoms with Crippen molar-refractivity contribution in [1.29, 1.82) is 0 Å². The van der Waals surface area contributed by atoms with E-state index in [0.29, 0.717) is 34.8 Å². The number of nitrogens with one attached hydrogen (secondary N) is 1. The molecule has 0 saturated carbocycles. The molecule has 0 fully saturated rings. The predicted molar refractivity (Wildman–Crippen MR) is 126 cm³/mol. The van der Waals surface area contributed by atoms with Gasteiger partial charge >= 0.3 is 5.97 Å². The van der Waals surface area contributed by atoms with Crippen molar-refractivity contribution in [2.75, 3.05) is 13.7 Å². The molecular formula is C26H24N2O5. The van der Waals surface area contributed by atoms with E-state index in [4.69, 9.17) is 14.2 Å². The number of aryl methyl sites for hydroxylation is 1. The normalized spacial score (nSPS) is 10.5. The first kappa shape index (κ1) is 23.3. The number of benzene rings is 3. The Bertz CT molecular complexity index is 1150. The molecule has 0 heterocycles. The molecule has 0 bridgehead atoms. The van der Waals surface area contributed by atoms with Crippen LogP contribution in [0.3, 0.4) is 0 Å². The van der Waals surface area contributed by atoms with Gasteiger partial charge in [-0.3, -0.25) is 4.79 Å². The molecule has 33 heavy (non-hydrogen) atoms. The number of carbonyl (C=O) groups excluding carboxylic acids is 2. The van der Waals surface area contributed by atoms with Crippen molar-refractivity contribution in [3.05, 3.63) is 102 Å². The molecule has 0 unspecified atom stereocenters. The van der Waals surface area contributed by atoms with Crippen LogP contribution in [0.25, 0.3) is 0 Å². The average Bonchev–Trinajstić information content (AvgIpc) is 2.84. The minimum atomic E-state index is -0.483. The van der Waals surface area contributed by atoms with Gasteiger partial charge in [0, 0.05) is 5.56 Å². The van der Waals surface area contributed by atoms with Gasteiger partial charge in [-0.15, -0.1) is 0 Å². The molecule has 3 rings (SSSR count). The highest BCUT2D eigenvalue weighted by molar-refractivity contribution is 5.95. The van der Waals surface area contributed by atoms with Crippen LogP contribution in [-0.4, -0.2) is 31.8 Å². The molecule has 168 valence electrons. The van der Waals surface area contributed by atoms with Gasteiger partial charge in [-0.05, 0) is 67.1 Å². The highest BCUT2D eigenvalue weighted by Crippen LogP contribution is 2.28. The van der Waals surface area contributed by atoms with Gasteiger partial charge in [0.05, 0.1) is 18.9 Å². The third kappa shape index (κ3) is 6.54. The molecule has 0 radical (unpaired) electrons. The fourth-order valence-electron chi connectivity index (χ4n) is 2.78. The minimum absolute atomic E-state index is 0.281. The van der Waals surface area contributed by atoms with Crippen molar-refractivity contribution in [3.63, 3.8) is 0 Å². The van der Waals surface area contributed by atoms with E-state index in [-0.39, 0.29) is 11.7 Å². The summed E-state index contributed by atoms with van der Waals surface area (Å²) >= 11 is 0. The van der Waals surface area contributed by atoms with Gasteiger partial charge < -0.3 is 14.2 Å². The molecule has 1 amide bonds. The van der Waals surface area contributed by atoms with E-state index in [1.54, 1.807) is 60.7 Å². The SMILES string of the molecule is C=CCOc1ccc(C(=O)N/N=C/c2ccc(OC(=O)c3ccc(C)cc3)c(OC)c2)cc1. The number of hydrogen-bond acceptors (Lipinski definition) is 6. The molecule has 7 heteroatoms. The van der Waals surface area contributed by atoms with Crippen LogP contribution in [-0.2, 0) is 0 Å². The number of esters is 1. The van der Waals surface area contributed by atoms with E-state index >= 15 is 0 Å². The summed E-state index contributed by atoms with van der Waals surface area (Å²) in [4.78, 5) is 24.6. The number of nitrogens with zero attached hydrogens (tertiary/aromatic N) is 1. The highest BCUT2D eigenvalue weighted by atomic mass is 16.6. The zero-order valence-corrected chi connectivity index (χ0v) is 18.4.